The molecule has 0 bridgehead atoms. The maximum absolute atomic E-state index is 13.4. The highest BCUT2D eigenvalue weighted by atomic mass is 79.9. The number of hydrogen-bond donors (Lipinski definition) is 3. The van der Waals surface area contributed by atoms with Crippen LogP contribution < -0.4 is 10.6 Å². The van der Waals surface area contributed by atoms with Crippen LogP contribution in [0.5, 0.6) is 0 Å². The van der Waals surface area contributed by atoms with E-state index in [2.05, 4.69) is 26.6 Å². The molecule has 0 aliphatic heterocycles. The Labute approximate surface area is 122 Å². The Morgan fingerprint density at radius 2 is 1.95 bits per heavy atom. The van der Waals surface area contributed by atoms with Crippen LogP contribution in [0.25, 0.3) is 0 Å². The molecule has 20 heavy (non-hydrogen) atoms. The zero-order valence-corrected chi connectivity index (χ0v) is 12.3. The number of carboxylic acid groups (broad SMARTS) is 1. The normalized spacial score (nSPS) is 13.4. The van der Waals surface area contributed by atoms with E-state index in [1.54, 1.807) is 6.92 Å². The van der Waals surface area contributed by atoms with Gasteiger partial charge in [0.05, 0.1) is 10.2 Å². The molecule has 0 saturated carbocycles. The van der Waals surface area contributed by atoms with Crippen LogP contribution >= 0.6 is 15.9 Å². The Kier molecular flexibility index (Phi) is 5.04. The number of aliphatic carboxylic acids is 1. The predicted molar refractivity (Wildman–Crippen MR) is 72.5 cm³/mol. The molecule has 1 atom stereocenters. The molecule has 0 aromatic heterocycles. The van der Waals surface area contributed by atoms with Crippen LogP contribution in [0.2, 0.25) is 0 Å². The third-order valence-electron chi connectivity index (χ3n) is 2.83. The Balaban J connectivity index is 2.87. The molecule has 0 fully saturated rings. The molecule has 2 amide bonds. The van der Waals surface area contributed by atoms with Gasteiger partial charge in [0.15, 0.2) is 0 Å². The van der Waals surface area contributed by atoms with E-state index in [4.69, 9.17) is 5.11 Å². The molecule has 1 aromatic rings. The maximum Gasteiger partial charge on any atom is 0.329 e. The second kappa shape index (κ2) is 6.17. The van der Waals surface area contributed by atoms with Gasteiger partial charge >= 0.3 is 12.0 Å². The minimum atomic E-state index is -1.47. The van der Waals surface area contributed by atoms with Crippen LogP contribution in [-0.2, 0) is 4.79 Å². The van der Waals surface area contributed by atoms with E-state index in [9.17, 15) is 18.4 Å². The van der Waals surface area contributed by atoms with Crippen molar-refractivity contribution in [3.63, 3.8) is 0 Å². The molecule has 0 aliphatic carbocycles. The molecule has 3 N–H and O–H groups in total. The fourth-order valence-corrected chi connectivity index (χ4v) is 1.66. The van der Waals surface area contributed by atoms with E-state index < -0.39 is 29.2 Å². The van der Waals surface area contributed by atoms with Crippen LogP contribution in [0.4, 0.5) is 19.3 Å². The molecule has 0 saturated heterocycles. The first-order chi connectivity index (χ1) is 9.19. The average molecular weight is 351 g/mol. The highest BCUT2D eigenvalue weighted by Crippen LogP contribution is 2.23. The van der Waals surface area contributed by atoms with Gasteiger partial charge in [-0.05, 0) is 35.3 Å². The zero-order chi connectivity index (χ0) is 15.5. The average Bonchev–Trinajstić information content (AvgIpc) is 2.35. The van der Waals surface area contributed by atoms with E-state index in [1.165, 1.54) is 6.92 Å². The molecule has 0 radical (unpaired) electrons. The van der Waals surface area contributed by atoms with Crippen molar-refractivity contribution < 1.29 is 23.5 Å². The van der Waals surface area contributed by atoms with Gasteiger partial charge in [0, 0.05) is 6.07 Å². The third-order valence-corrected chi connectivity index (χ3v) is 3.43. The SMILES string of the molecule is CCC(C)(NC(=O)Nc1cc(Br)c(F)cc1F)C(=O)O. The summed E-state index contributed by atoms with van der Waals surface area (Å²) in [6, 6.07) is 0.763. The first kappa shape index (κ1) is 16.4. The quantitative estimate of drug-likeness (QED) is 0.730. The number of benzene rings is 1. The van der Waals surface area contributed by atoms with Gasteiger partial charge in [-0.1, -0.05) is 6.92 Å². The smallest absolute Gasteiger partial charge is 0.329 e. The molecular weight excluding hydrogens is 338 g/mol. The molecule has 0 aliphatic rings. The van der Waals surface area contributed by atoms with E-state index in [0.29, 0.717) is 6.07 Å². The van der Waals surface area contributed by atoms with E-state index in [0.717, 1.165) is 6.07 Å². The van der Waals surface area contributed by atoms with Crippen molar-refractivity contribution in [1.82, 2.24) is 5.32 Å². The van der Waals surface area contributed by atoms with Crippen molar-refractivity contribution in [3.05, 3.63) is 28.2 Å². The van der Waals surface area contributed by atoms with Crippen LogP contribution in [0.1, 0.15) is 20.3 Å². The van der Waals surface area contributed by atoms with Gasteiger partial charge in [0.2, 0.25) is 0 Å². The number of amides is 2. The number of rotatable bonds is 4. The highest BCUT2D eigenvalue weighted by Gasteiger charge is 2.32. The zero-order valence-electron chi connectivity index (χ0n) is 10.8. The van der Waals surface area contributed by atoms with Gasteiger partial charge in [0.1, 0.15) is 17.2 Å². The summed E-state index contributed by atoms with van der Waals surface area (Å²) < 4.78 is 26.5. The molecule has 1 rings (SSSR count). The Morgan fingerprint density at radius 1 is 1.35 bits per heavy atom. The number of carboxylic acids is 1. The van der Waals surface area contributed by atoms with Gasteiger partial charge in [-0.25, -0.2) is 18.4 Å². The fourth-order valence-electron chi connectivity index (χ4n) is 1.32. The van der Waals surface area contributed by atoms with Crippen molar-refractivity contribution in [1.29, 1.82) is 0 Å². The molecular formula is C12H13BrF2N2O3. The van der Waals surface area contributed by atoms with Gasteiger partial charge < -0.3 is 15.7 Å². The van der Waals surface area contributed by atoms with Crippen molar-refractivity contribution in [2.45, 2.75) is 25.8 Å². The Morgan fingerprint density at radius 3 is 2.45 bits per heavy atom. The number of carbonyl (C=O) groups is 2. The molecule has 0 heterocycles. The molecule has 1 unspecified atom stereocenters. The highest BCUT2D eigenvalue weighted by molar-refractivity contribution is 9.10. The summed E-state index contributed by atoms with van der Waals surface area (Å²) in [5, 5.41) is 13.4. The topological polar surface area (TPSA) is 78.4 Å². The number of anilines is 1. The second-order valence-corrected chi connectivity index (χ2v) is 5.17. The standard InChI is InChI=1S/C12H13BrF2N2O3/c1-3-12(2,10(18)19)17-11(20)16-9-4-6(13)7(14)5-8(9)15/h4-5H,3H2,1-2H3,(H,18,19)(H2,16,17,20). The van der Waals surface area contributed by atoms with Crippen molar-refractivity contribution in [2.24, 2.45) is 0 Å². The lowest BCUT2D eigenvalue weighted by atomic mass is 10.00. The van der Waals surface area contributed by atoms with Crippen molar-refractivity contribution in [3.8, 4) is 0 Å². The number of carbonyl (C=O) groups excluding carboxylic acids is 1. The van der Waals surface area contributed by atoms with E-state index in [-0.39, 0.29) is 16.6 Å². The van der Waals surface area contributed by atoms with Gasteiger partial charge in [-0.15, -0.1) is 0 Å². The lowest BCUT2D eigenvalue weighted by Crippen LogP contribution is -2.53. The second-order valence-electron chi connectivity index (χ2n) is 4.32. The van der Waals surface area contributed by atoms with Crippen molar-refractivity contribution in [2.75, 3.05) is 5.32 Å². The Hall–Kier alpha value is -1.70. The largest absolute Gasteiger partial charge is 0.480 e. The summed E-state index contributed by atoms with van der Waals surface area (Å²) in [5.74, 6) is -2.98. The summed E-state index contributed by atoms with van der Waals surface area (Å²) in [7, 11) is 0. The summed E-state index contributed by atoms with van der Waals surface area (Å²) in [6.45, 7) is 2.91. The predicted octanol–water partition coefficient (Wildman–Crippen LogP) is 3.10. The molecule has 5 nitrogen and oxygen atoms in total. The van der Waals surface area contributed by atoms with Crippen LogP contribution in [0.15, 0.2) is 16.6 Å². The summed E-state index contributed by atoms with van der Waals surface area (Å²) in [6.07, 6.45) is 0.144. The van der Waals surface area contributed by atoms with Crippen LogP contribution in [0, 0.1) is 11.6 Å². The lowest BCUT2D eigenvalue weighted by molar-refractivity contribution is -0.143. The lowest BCUT2D eigenvalue weighted by Gasteiger charge is -2.24. The number of hydrogen-bond acceptors (Lipinski definition) is 2. The van der Waals surface area contributed by atoms with Gasteiger partial charge in [-0.3, -0.25) is 0 Å². The van der Waals surface area contributed by atoms with Gasteiger partial charge in [-0.2, -0.15) is 0 Å². The van der Waals surface area contributed by atoms with E-state index >= 15 is 0 Å². The third kappa shape index (κ3) is 3.66. The van der Waals surface area contributed by atoms with E-state index in [1.807, 2.05) is 0 Å². The molecule has 8 heteroatoms. The summed E-state index contributed by atoms with van der Waals surface area (Å²) in [4.78, 5) is 22.7. The molecule has 1 aromatic carbocycles. The summed E-state index contributed by atoms with van der Waals surface area (Å²) >= 11 is 2.86. The number of nitrogens with one attached hydrogen (secondary N) is 2. The minimum Gasteiger partial charge on any atom is -0.480 e. The maximum atomic E-state index is 13.4. The minimum absolute atomic E-state index is 0.0225. The number of urea groups is 1. The summed E-state index contributed by atoms with van der Waals surface area (Å²) in [5.41, 5.74) is -1.74. The fraction of sp³-hybridized carbons (Fsp3) is 0.333. The molecule has 0 spiro atoms. The first-order valence-electron chi connectivity index (χ1n) is 5.66. The van der Waals surface area contributed by atoms with Crippen LogP contribution in [0.3, 0.4) is 0 Å². The van der Waals surface area contributed by atoms with Crippen LogP contribution in [-0.4, -0.2) is 22.6 Å². The van der Waals surface area contributed by atoms with Gasteiger partial charge in [0.25, 0.3) is 0 Å². The monoisotopic (exact) mass is 350 g/mol. The Bertz CT molecular complexity index is 554. The first-order valence-corrected chi connectivity index (χ1v) is 6.46. The number of halogens is 3. The van der Waals surface area contributed by atoms with Crippen molar-refractivity contribution >= 4 is 33.6 Å². The molecule has 110 valence electrons.